The van der Waals surface area contributed by atoms with Crippen molar-refractivity contribution in [1.82, 2.24) is 9.78 Å². The van der Waals surface area contributed by atoms with Crippen LogP contribution in [-0.4, -0.2) is 29.8 Å². The number of aliphatic hydroxyl groups is 1. The normalized spacial score (nSPS) is 22.6. The van der Waals surface area contributed by atoms with E-state index in [9.17, 15) is 5.11 Å². The topological polar surface area (TPSA) is 56.5 Å². The Kier molecular flexibility index (Phi) is 7.55. The summed E-state index contributed by atoms with van der Waals surface area (Å²) in [5, 5.41) is 16.3. The lowest BCUT2D eigenvalue weighted by molar-refractivity contribution is -0.0429. The van der Waals surface area contributed by atoms with E-state index >= 15 is 0 Å². The lowest BCUT2D eigenvalue weighted by Crippen LogP contribution is -2.61. The van der Waals surface area contributed by atoms with Crippen molar-refractivity contribution in [3.63, 3.8) is 0 Å². The zero-order valence-corrected chi connectivity index (χ0v) is 21.1. The molecule has 2 aromatic rings. The summed E-state index contributed by atoms with van der Waals surface area (Å²) < 4.78 is 15.0. The molecule has 1 N–H and O–H groups in total. The smallest absolute Gasteiger partial charge is 0.233 e. The molecule has 1 saturated heterocycles. The van der Waals surface area contributed by atoms with E-state index in [-0.39, 0.29) is 17.9 Å². The summed E-state index contributed by atoms with van der Waals surface area (Å²) in [6.07, 6.45) is 9.55. The number of nitrogens with zero attached hydrogens (tertiary/aromatic N) is 2. The van der Waals surface area contributed by atoms with Crippen molar-refractivity contribution in [1.29, 1.82) is 0 Å². The molecule has 0 amide bonds. The van der Waals surface area contributed by atoms with E-state index in [1.807, 2.05) is 10.7 Å². The molecule has 2 heterocycles. The molecule has 2 atom stereocenters. The van der Waals surface area contributed by atoms with Gasteiger partial charge in [-0.2, -0.15) is 5.10 Å². The molecule has 0 spiro atoms. The number of rotatable bonds is 7. The van der Waals surface area contributed by atoms with Crippen LogP contribution in [0.15, 0.2) is 36.4 Å². The summed E-state index contributed by atoms with van der Waals surface area (Å²) in [6, 6.07) is 13.0. The maximum atomic E-state index is 9.95. The second-order valence-corrected chi connectivity index (χ2v) is 15.2. The molecule has 2 unspecified atom stereocenters. The van der Waals surface area contributed by atoms with Crippen LogP contribution < -0.4 is 5.19 Å². The van der Waals surface area contributed by atoms with Gasteiger partial charge in [-0.3, -0.25) is 0 Å². The molecular weight excluding hydrogens is 416 g/mol. The third kappa shape index (κ3) is 4.74. The van der Waals surface area contributed by atoms with Crippen molar-refractivity contribution in [2.24, 2.45) is 0 Å². The number of aliphatic hydroxyl groups excluding tert-OH is 1. The van der Waals surface area contributed by atoms with Gasteiger partial charge in [0.2, 0.25) is 8.32 Å². The highest BCUT2D eigenvalue weighted by Gasteiger charge is 2.54. The molecule has 1 aliphatic carbocycles. The van der Waals surface area contributed by atoms with E-state index in [0.29, 0.717) is 12.1 Å². The van der Waals surface area contributed by atoms with E-state index in [4.69, 9.17) is 14.3 Å². The molecule has 32 heavy (non-hydrogen) atoms. The average molecular weight is 457 g/mol. The van der Waals surface area contributed by atoms with Gasteiger partial charge in [0.05, 0.1) is 24.6 Å². The minimum absolute atomic E-state index is 0.0317. The fourth-order valence-corrected chi connectivity index (χ4v) is 11.6. The largest absolute Gasteiger partial charge is 0.406 e. The van der Waals surface area contributed by atoms with Crippen molar-refractivity contribution in [3.8, 4) is 0 Å². The number of hydrogen-bond donors (Lipinski definition) is 1. The van der Waals surface area contributed by atoms with Crippen molar-refractivity contribution in [3.05, 3.63) is 47.8 Å². The average Bonchev–Trinajstić information content (AvgIpc) is 3.24. The Balaban J connectivity index is 1.65. The van der Waals surface area contributed by atoms with Gasteiger partial charge in [0, 0.05) is 6.61 Å². The zero-order chi connectivity index (χ0) is 22.6. The van der Waals surface area contributed by atoms with Gasteiger partial charge in [0.25, 0.3) is 0 Å². The first-order valence-corrected chi connectivity index (χ1v) is 14.4. The Hall–Kier alpha value is -1.47. The summed E-state index contributed by atoms with van der Waals surface area (Å²) in [5.74, 6) is 0. The summed E-state index contributed by atoms with van der Waals surface area (Å²) in [6.45, 7) is 8.33. The van der Waals surface area contributed by atoms with Crippen LogP contribution in [0.2, 0.25) is 10.6 Å². The van der Waals surface area contributed by atoms with Crippen molar-refractivity contribution in [2.45, 2.75) is 102 Å². The van der Waals surface area contributed by atoms with E-state index in [1.54, 1.807) is 0 Å². The fourth-order valence-electron chi connectivity index (χ4n) is 5.93. The van der Waals surface area contributed by atoms with Crippen LogP contribution in [0.3, 0.4) is 0 Å². The standard InChI is InChI=1S/C26H40N2O3Si/c1-26(2,3)32(23-12-6-4-7-13-23,24-14-8-5-9-15-24)31-20-21-18-22(19-29)28(27-21)25-16-10-11-17-30-25/h4,6-7,12-13,18,24-25,29H,5,8-11,14-17,19-20H2,1-3H3. The summed E-state index contributed by atoms with van der Waals surface area (Å²) in [7, 11) is -2.36. The quantitative estimate of drug-likeness (QED) is 0.553. The second kappa shape index (κ2) is 10.2. The molecule has 2 aliphatic rings. The molecule has 1 saturated carbocycles. The Morgan fingerprint density at radius 3 is 2.41 bits per heavy atom. The molecule has 176 valence electrons. The molecule has 5 nitrogen and oxygen atoms in total. The van der Waals surface area contributed by atoms with Crippen LogP contribution in [0.5, 0.6) is 0 Å². The van der Waals surface area contributed by atoms with Crippen molar-refractivity contribution in [2.75, 3.05) is 6.61 Å². The predicted octanol–water partition coefficient (Wildman–Crippen LogP) is 5.58. The zero-order valence-electron chi connectivity index (χ0n) is 20.1. The molecule has 6 heteroatoms. The highest BCUT2D eigenvalue weighted by Crippen LogP contribution is 2.50. The fraction of sp³-hybridized carbons (Fsp3) is 0.654. The Morgan fingerprint density at radius 2 is 1.78 bits per heavy atom. The summed E-state index contributed by atoms with van der Waals surface area (Å²) >= 11 is 0. The molecule has 0 radical (unpaired) electrons. The van der Waals surface area contributed by atoms with Crippen LogP contribution in [0.1, 0.15) is 89.8 Å². The lowest BCUT2D eigenvalue weighted by Gasteiger charge is -2.49. The molecule has 0 bridgehead atoms. The number of hydrogen-bond acceptors (Lipinski definition) is 4. The maximum Gasteiger partial charge on any atom is 0.233 e. The maximum absolute atomic E-state index is 9.95. The van der Waals surface area contributed by atoms with Crippen molar-refractivity contribution >= 4 is 13.5 Å². The van der Waals surface area contributed by atoms with E-state index < -0.39 is 8.32 Å². The first kappa shape index (κ1) is 23.7. The lowest BCUT2D eigenvalue weighted by atomic mass is 10.0. The Morgan fingerprint density at radius 1 is 1.06 bits per heavy atom. The van der Waals surface area contributed by atoms with Gasteiger partial charge in [-0.1, -0.05) is 83.2 Å². The van der Waals surface area contributed by atoms with Crippen molar-refractivity contribution < 1.29 is 14.3 Å². The van der Waals surface area contributed by atoms with Crippen LogP contribution >= 0.6 is 0 Å². The van der Waals surface area contributed by atoms with E-state index in [0.717, 1.165) is 37.3 Å². The van der Waals surface area contributed by atoms with Gasteiger partial charge in [0.1, 0.15) is 0 Å². The number of ether oxygens (including phenoxy) is 1. The third-order valence-corrected chi connectivity index (χ3v) is 13.1. The summed E-state index contributed by atoms with van der Waals surface area (Å²) in [5.41, 5.74) is 2.33. The molecular formula is C26H40N2O3Si. The third-order valence-electron chi connectivity index (χ3n) is 7.40. The monoisotopic (exact) mass is 456 g/mol. The van der Waals surface area contributed by atoms with Gasteiger partial charge in [-0.25, -0.2) is 4.68 Å². The SMILES string of the molecule is CC(C)(C)[Si](OCc1cc(CO)n(C2CCCCO2)n1)(c1ccccc1)C1CCCCC1. The molecule has 4 rings (SSSR count). The van der Waals surface area contributed by atoms with Gasteiger partial charge >= 0.3 is 0 Å². The number of benzene rings is 1. The Bertz CT molecular complexity index is 852. The van der Waals surface area contributed by atoms with Gasteiger partial charge < -0.3 is 14.3 Å². The highest BCUT2D eigenvalue weighted by molar-refractivity contribution is 6.90. The van der Waals surface area contributed by atoms with Crippen LogP contribution in [0, 0.1) is 0 Å². The van der Waals surface area contributed by atoms with E-state index in [2.05, 4.69) is 51.1 Å². The molecule has 1 aromatic carbocycles. The van der Waals surface area contributed by atoms with Crippen LogP contribution in [-0.2, 0) is 22.4 Å². The van der Waals surface area contributed by atoms with Gasteiger partial charge in [0.15, 0.2) is 6.23 Å². The minimum Gasteiger partial charge on any atom is -0.406 e. The highest BCUT2D eigenvalue weighted by atomic mass is 28.4. The first-order valence-electron chi connectivity index (χ1n) is 12.4. The van der Waals surface area contributed by atoms with Crippen LogP contribution in [0.4, 0.5) is 0 Å². The molecule has 2 fully saturated rings. The minimum atomic E-state index is -2.36. The second-order valence-electron chi connectivity index (χ2n) is 10.5. The number of aromatic nitrogens is 2. The van der Waals surface area contributed by atoms with Crippen LogP contribution in [0.25, 0.3) is 0 Å². The predicted molar refractivity (Wildman–Crippen MR) is 130 cm³/mol. The molecule has 1 aliphatic heterocycles. The Labute approximate surface area is 194 Å². The first-order chi connectivity index (χ1) is 15.5. The van der Waals surface area contributed by atoms with Gasteiger partial charge in [-0.15, -0.1) is 0 Å². The van der Waals surface area contributed by atoms with E-state index in [1.165, 1.54) is 37.3 Å². The van der Waals surface area contributed by atoms with Gasteiger partial charge in [-0.05, 0) is 41.1 Å². The summed E-state index contributed by atoms with van der Waals surface area (Å²) in [4.78, 5) is 0. The molecule has 1 aromatic heterocycles.